The van der Waals surface area contributed by atoms with E-state index in [4.69, 9.17) is 32.7 Å². The predicted molar refractivity (Wildman–Crippen MR) is 119 cm³/mol. The molecule has 1 aliphatic rings. The van der Waals surface area contributed by atoms with Gasteiger partial charge in [0.05, 0.1) is 12.2 Å². The highest BCUT2D eigenvalue weighted by Gasteiger charge is 2.34. The third-order valence-corrected chi connectivity index (χ3v) is 5.12. The van der Waals surface area contributed by atoms with Crippen LogP contribution in [0.5, 0.6) is 0 Å². The number of halogens is 2. The van der Waals surface area contributed by atoms with Crippen LogP contribution in [0.2, 0.25) is 10.0 Å². The number of hydrogen-bond acceptors (Lipinski definition) is 3. The lowest BCUT2D eigenvalue weighted by atomic mass is 9.91. The zero-order valence-corrected chi connectivity index (χ0v) is 18.5. The van der Waals surface area contributed by atoms with E-state index < -0.39 is 11.2 Å². The molecule has 0 saturated carbocycles. The zero-order valence-electron chi connectivity index (χ0n) is 17.0. The first-order valence-electron chi connectivity index (χ1n) is 9.33. The number of hydrogen-bond donors (Lipinski definition) is 0. The van der Waals surface area contributed by atoms with Crippen molar-refractivity contribution < 1.29 is 14.3 Å². The Labute approximate surface area is 181 Å². The Morgan fingerprint density at radius 1 is 1.17 bits per heavy atom. The average Bonchev–Trinajstić information content (AvgIpc) is 3.05. The highest BCUT2D eigenvalue weighted by Crippen LogP contribution is 2.40. The van der Waals surface area contributed by atoms with Crippen LogP contribution in [0.1, 0.15) is 47.8 Å². The molecule has 0 bridgehead atoms. The maximum atomic E-state index is 12.4. The van der Waals surface area contributed by atoms with Crippen molar-refractivity contribution in [3.63, 3.8) is 0 Å². The van der Waals surface area contributed by atoms with Crippen molar-refractivity contribution in [3.05, 3.63) is 87.4 Å². The van der Waals surface area contributed by atoms with Gasteiger partial charge in [-0.15, -0.1) is 0 Å². The van der Waals surface area contributed by atoms with E-state index >= 15 is 0 Å². The van der Waals surface area contributed by atoms with E-state index in [0.29, 0.717) is 22.2 Å². The molecule has 152 valence electrons. The van der Waals surface area contributed by atoms with Gasteiger partial charge in [0, 0.05) is 10.0 Å². The monoisotopic (exact) mass is 430 g/mol. The quantitative estimate of drug-likeness (QED) is 0.397. The van der Waals surface area contributed by atoms with E-state index in [2.05, 4.69) is 6.58 Å². The Kier molecular flexibility index (Phi) is 5.96. The molecule has 0 radical (unpaired) electrons. The Morgan fingerprint density at radius 2 is 1.83 bits per heavy atom. The molecule has 0 N–H and O–H groups in total. The second-order valence-electron chi connectivity index (χ2n) is 8.15. The van der Waals surface area contributed by atoms with Crippen LogP contribution in [-0.4, -0.2) is 18.2 Å². The van der Waals surface area contributed by atoms with E-state index in [9.17, 15) is 4.79 Å². The molecule has 3 nitrogen and oxygen atoms in total. The first-order valence-corrected chi connectivity index (χ1v) is 10.1. The fraction of sp³-hybridized carbons (Fsp3) is 0.292. The number of ether oxygens (including phenoxy) is 2. The molecule has 5 heteroatoms. The number of carbonyl (C=O) groups is 1. The largest absolute Gasteiger partial charge is 0.456 e. The number of benzene rings is 2. The van der Waals surface area contributed by atoms with Crippen molar-refractivity contribution in [2.75, 3.05) is 6.61 Å². The molecule has 3 rings (SSSR count). The third kappa shape index (κ3) is 4.75. The normalized spacial score (nSPS) is 19.0. The zero-order chi connectivity index (χ0) is 21.4. The van der Waals surface area contributed by atoms with Crippen LogP contribution in [0.3, 0.4) is 0 Å². The fourth-order valence-electron chi connectivity index (χ4n) is 3.31. The van der Waals surface area contributed by atoms with Gasteiger partial charge in [-0.25, -0.2) is 4.79 Å². The van der Waals surface area contributed by atoms with Gasteiger partial charge >= 0.3 is 5.97 Å². The molecular formula is C24H24Cl2O3. The first-order chi connectivity index (χ1) is 13.5. The molecule has 0 saturated heterocycles. The topological polar surface area (TPSA) is 35.5 Å². The minimum Gasteiger partial charge on any atom is -0.456 e. The van der Waals surface area contributed by atoms with Crippen LogP contribution in [0, 0.1) is 6.92 Å². The van der Waals surface area contributed by atoms with Gasteiger partial charge in [-0.2, -0.15) is 0 Å². The number of rotatable bonds is 4. The van der Waals surface area contributed by atoms with Gasteiger partial charge in [0.1, 0.15) is 11.2 Å². The molecule has 1 heterocycles. The molecule has 1 unspecified atom stereocenters. The molecule has 2 aromatic carbocycles. The Hall–Kier alpha value is -2.07. The summed E-state index contributed by atoms with van der Waals surface area (Å²) in [5, 5.41) is 1.08. The molecule has 2 aromatic rings. The second kappa shape index (κ2) is 7.98. The van der Waals surface area contributed by atoms with Crippen molar-refractivity contribution in [1.82, 2.24) is 0 Å². The van der Waals surface area contributed by atoms with Crippen LogP contribution >= 0.6 is 23.2 Å². The summed E-state index contributed by atoms with van der Waals surface area (Å²) in [7, 11) is 0. The summed E-state index contributed by atoms with van der Waals surface area (Å²) < 4.78 is 11.6. The Bertz CT molecular complexity index is 981. The summed E-state index contributed by atoms with van der Waals surface area (Å²) in [5.74, 6) is -0.327. The molecule has 0 aliphatic carbocycles. The molecular weight excluding hydrogens is 407 g/mol. The minimum absolute atomic E-state index is 0.327. The third-order valence-electron chi connectivity index (χ3n) is 4.69. The smallest absolute Gasteiger partial charge is 0.338 e. The van der Waals surface area contributed by atoms with Crippen LogP contribution in [0.25, 0.3) is 5.57 Å². The van der Waals surface area contributed by atoms with E-state index in [1.54, 1.807) is 18.2 Å². The van der Waals surface area contributed by atoms with Gasteiger partial charge < -0.3 is 9.47 Å². The summed E-state index contributed by atoms with van der Waals surface area (Å²) in [6.45, 7) is 11.8. The van der Waals surface area contributed by atoms with Crippen molar-refractivity contribution in [2.24, 2.45) is 0 Å². The molecule has 1 atom stereocenters. The summed E-state index contributed by atoms with van der Waals surface area (Å²) in [5.41, 5.74) is 2.86. The van der Waals surface area contributed by atoms with Gasteiger partial charge in [-0.05, 0) is 80.3 Å². The Morgan fingerprint density at radius 3 is 2.38 bits per heavy atom. The first kappa shape index (κ1) is 21.6. The number of carbonyl (C=O) groups excluding carboxylic acids is 1. The highest BCUT2D eigenvalue weighted by atomic mass is 35.5. The van der Waals surface area contributed by atoms with Gasteiger partial charge in [0.2, 0.25) is 0 Å². The maximum Gasteiger partial charge on any atom is 0.338 e. The molecule has 0 aromatic heterocycles. The van der Waals surface area contributed by atoms with Crippen molar-refractivity contribution >= 4 is 34.7 Å². The van der Waals surface area contributed by atoms with Crippen molar-refractivity contribution in [1.29, 1.82) is 0 Å². The molecule has 0 fully saturated rings. The van der Waals surface area contributed by atoms with Gasteiger partial charge in [-0.3, -0.25) is 0 Å². The number of esters is 1. The van der Waals surface area contributed by atoms with E-state index in [1.807, 2.05) is 58.0 Å². The van der Waals surface area contributed by atoms with Crippen LogP contribution in [-0.2, 0) is 15.1 Å². The highest BCUT2D eigenvalue weighted by molar-refractivity contribution is 6.34. The number of aryl methyl sites for hydroxylation is 1. The summed E-state index contributed by atoms with van der Waals surface area (Å²) >= 11 is 12.4. The SMILES string of the molecule is C=CC1(c2cc(Cl)cc(Cl)c2)C=C(c2ccc(C(=O)OC(C)(C)C)c(C)c2)CO1. The fourth-order valence-corrected chi connectivity index (χ4v) is 3.84. The summed E-state index contributed by atoms with van der Waals surface area (Å²) in [4.78, 5) is 12.4. The van der Waals surface area contributed by atoms with Gasteiger partial charge in [0.25, 0.3) is 0 Å². The Balaban J connectivity index is 1.94. The van der Waals surface area contributed by atoms with E-state index in [0.717, 1.165) is 22.3 Å². The lowest BCUT2D eigenvalue weighted by Crippen LogP contribution is -2.24. The lowest BCUT2D eigenvalue weighted by molar-refractivity contribution is 0.00687. The van der Waals surface area contributed by atoms with Crippen LogP contribution in [0.15, 0.2) is 55.1 Å². The van der Waals surface area contributed by atoms with Gasteiger partial charge in [0.15, 0.2) is 0 Å². The molecule has 29 heavy (non-hydrogen) atoms. The van der Waals surface area contributed by atoms with Crippen LogP contribution in [0.4, 0.5) is 0 Å². The molecule has 1 aliphatic heterocycles. The minimum atomic E-state index is -0.804. The van der Waals surface area contributed by atoms with Gasteiger partial charge in [-0.1, -0.05) is 48.0 Å². The summed E-state index contributed by atoms with van der Waals surface area (Å²) in [6.07, 6.45) is 3.76. The predicted octanol–water partition coefficient (Wildman–Crippen LogP) is 6.75. The van der Waals surface area contributed by atoms with Crippen molar-refractivity contribution in [3.8, 4) is 0 Å². The van der Waals surface area contributed by atoms with E-state index in [-0.39, 0.29) is 5.97 Å². The van der Waals surface area contributed by atoms with Crippen molar-refractivity contribution in [2.45, 2.75) is 38.9 Å². The maximum absolute atomic E-state index is 12.4. The van der Waals surface area contributed by atoms with Crippen LogP contribution < -0.4 is 0 Å². The average molecular weight is 431 g/mol. The second-order valence-corrected chi connectivity index (χ2v) is 9.02. The molecule has 0 spiro atoms. The standard InChI is InChI=1S/C24H24Cl2O3/c1-6-24(18-10-19(25)12-20(26)11-18)13-17(14-28-24)16-7-8-21(15(2)9-16)22(27)29-23(3,4)5/h6-13H,1,14H2,2-5H3. The summed E-state index contributed by atoms with van der Waals surface area (Å²) in [6, 6.07) is 11.0. The lowest BCUT2D eigenvalue weighted by Gasteiger charge is -2.23. The molecule has 0 amide bonds. The van der Waals surface area contributed by atoms with E-state index in [1.165, 1.54) is 0 Å².